The van der Waals surface area contributed by atoms with E-state index in [1.54, 1.807) is 30.3 Å². The van der Waals surface area contributed by atoms with E-state index in [1.807, 2.05) is 0 Å². The molecule has 0 unspecified atom stereocenters. The lowest BCUT2D eigenvalue weighted by Crippen LogP contribution is -2.13. The third-order valence-corrected chi connectivity index (χ3v) is 3.43. The Kier molecular flexibility index (Phi) is 3.05. The van der Waals surface area contributed by atoms with Crippen molar-refractivity contribution in [3.05, 3.63) is 69.6 Å². The topological polar surface area (TPSA) is 32.9 Å². The van der Waals surface area contributed by atoms with E-state index in [9.17, 15) is 18.0 Å². The van der Waals surface area contributed by atoms with Crippen molar-refractivity contribution in [3.63, 3.8) is 0 Å². The van der Waals surface area contributed by atoms with Crippen LogP contribution >= 0.6 is 0 Å². The summed E-state index contributed by atoms with van der Waals surface area (Å²) in [5.41, 5.74) is 0.120. The van der Waals surface area contributed by atoms with Gasteiger partial charge in [0.25, 0.3) is 0 Å². The molecule has 2 nitrogen and oxygen atoms in total. The molecule has 106 valence electrons. The summed E-state index contributed by atoms with van der Waals surface area (Å²) in [7, 11) is 0. The van der Waals surface area contributed by atoms with Gasteiger partial charge in [-0.25, -0.2) is 13.2 Å². The van der Waals surface area contributed by atoms with Gasteiger partial charge < -0.3 is 4.98 Å². The molecule has 0 saturated heterocycles. The van der Waals surface area contributed by atoms with Crippen molar-refractivity contribution in [1.29, 1.82) is 0 Å². The molecule has 5 heteroatoms. The van der Waals surface area contributed by atoms with Gasteiger partial charge in [-0.15, -0.1) is 0 Å². The Morgan fingerprint density at radius 3 is 2.33 bits per heavy atom. The SMILES string of the molecule is Cc1c(-c2ccccc2)[nH]c2c(F)c(F)cc(F)c2c1=O. The van der Waals surface area contributed by atoms with Gasteiger partial charge in [-0.05, 0) is 12.5 Å². The molecule has 21 heavy (non-hydrogen) atoms. The number of aromatic amines is 1. The van der Waals surface area contributed by atoms with E-state index in [4.69, 9.17) is 0 Å². The summed E-state index contributed by atoms with van der Waals surface area (Å²) in [4.78, 5) is 14.9. The first-order chi connectivity index (χ1) is 10.0. The number of benzene rings is 2. The van der Waals surface area contributed by atoms with Gasteiger partial charge in [-0.3, -0.25) is 4.79 Å². The normalized spacial score (nSPS) is 11.0. The third kappa shape index (κ3) is 2.01. The van der Waals surface area contributed by atoms with Crippen molar-refractivity contribution in [3.8, 4) is 11.3 Å². The molecule has 0 aliphatic carbocycles. The number of aromatic nitrogens is 1. The maximum Gasteiger partial charge on any atom is 0.195 e. The third-order valence-electron chi connectivity index (χ3n) is 3.43. The van der Waals surface area contributed by atoms with Crippen molar-refractivity contribution in [2.24, 2.45) is 0 Å². The van der Waals surface area contributed by atoms with E-state index in [-0.39, 0.29) is 5.56 Å². The van der Waals surface area contributed by atoms with Crippen molar-refractivity contribution < 1.29 is 13.2 Å². The van der Waals surface area contributed by atoms with Gasteiger partial charge in [0.2, 0.25) is 0 Å². The van der Waals surface area contributed by atoms with E-state index in [1.165, 1.54) is 6.92 Å². The monoisotopic (exact) mass is 289 g/mol. The molecule has 0 atom stereocenters. The first-order valence-corrected chi connectivity index (χ1v) is 6.26. The second-order valence-corrected chi connectivity index (χ2v) is 4.72. The zero-order valence-corrected chi connectivity index (χ0v) is 11.0. The summed E-state index contributed by atoms with van der Waals surface area (Å²) in [6, 6.07) is 9.11. The van der Waals surface area contributed by atoms with E-state index in [0.717, 1.165) is 0 Å². The molecule has 3 rings (SSSR count). The minimum absolute atomic E-state index is 0.249. The van der Waals surface area contributed by atoms with E-state index in [2.05, 4.69) is 4.98 Å². The van der Waals surface area contributed by atoms with Crippen molar-refractivity contribution >= 4 is 10.9 Å². The van der Waals surface area contributed by atoms with Gasteiger partial charge >= 0.3 is 0 Å². The highest BCUT2D eigenvalue weighted by Gasteiger charge is 2.19. The van der Waals surface area contributed by atoms with Gasteiger partial charge in [-0.1, -0.05) is 30.3 Å². The average Bonchev–Trinajstić information content (AvgIpc) is 2.48. The smallest absolute Gasteiger partial charge is 0.195 e. The molecule has 3 aromatic rings. The fourth-order valence-corrected chi connectivity index (χ4v) is 2.35. The van der Waals surface area contributed by atoms with Gasteiger partial charge in [0.15, 0.2) is 17.1 Å². The van der Waals surface area contributed by atoms with Gasteiger partial charge in [-0.2, -0.15) is 0 Å². The predicted octanol–water partition coefficient (Wildman–Crippen LogP) is 3.92. The Labute approximate surface area is 117 Å². The fraction of sp³-hybridized carbons (Fsp3) is 0.0625. The molecule has 0 fully saturated rings. The zero-order valence-electron chi connectivity index (χ0n) is 11.0. The Balaban J connectivity index is 2.48. The Hall–Kier alpha value is -2.56. The molecule has 0 saturated carbocycles. The number of rotatable bonds is 1. The Morgan fingerprint density at radius 2 is 1.67 bits per heavy atom. The number of hydrogen-bond donors (Lipinski definition) is 1. The standard InChI is InChI=1S/C16H10F3NO/c1-8-14(9-5-3-2-4-6-9)20-15-12(16(8)21)10(17)7-11(18)13(15)19/h2-7H,1H3,(H,20,21). The van der Waals surface area contributed by atoms with E-state index < -0.39 is 33.8 Å². The minimum Gasteiger partial charge on any atom is -0.352 e. The van der Waals surface area contributed by atoms with Crippen LogP contribution in [-0.2, 0) is 0 Å². The fourth-order valence-electron chi connectivity index (χ4n) is 2.35. The number of nitrogens with one attached hydrogen (secondary N) is 1. The molecule has 1 N–H and O–H groups in total. The van der Waals surface area contributed by atoms with Crippen LogP contribution < -0.4 is 5.43 Å². The van der Waals surface area contributed by atoms with Crippen molar-refractivity contribution in [2.45, 2.75) is 6.92 Å². The van der Waals surface area contributed by atoms with Crippen molar-refractivity contribution in [2.75, 3.05) is 0 Å². The number of halogens is 3. The molecule has 0 spiro atoms. The quantitative estimate of drug-likeness (QED) is 0.677. The lowest BCUT2D eigenvalue weighted by Gasteiger charge is -2.10. The van der Waals surface area contributed by atoms with Crippen LogP contribution in [0.4, 0.5) is 13.2 Å². The molecule has 0 aliphatic heterocycles. The molecule has 0 bridgehead atoms. The van der Waals surface area contributed by atoms with Gasteiger partial charge in [0.05, 0.1) is 16.6 Å². The second kappa shape index (κ2) is 4.77. The van der Waals surface area contributed by atoms with Crippen LogP contribution in [0.1, 0.15) is 5.56 Å². The molecule has 0 aliphatic rings. The number of H-pyrrole nitrogens is 1. The second-order valence-electron chi connectivity index (χ2n) is 4.72. The molecule has 2 aromatic carbocycles. The zero-order chi connectivity index (χ0) is 15.1. The lowest BCUT2D eigenvalue weighted by atomic mass is 10.0. The van der Waals surface area contributed by atoms with Gasteiger partial charge in [0.1, 0.15) is 5.82 Å². The van der Waals surface area contributed by atoms with Crippen LogP contribution in [0, 0.1) is 24.4 Å². The maximum absolute atomic E-state index is 13.9. The summed E-state index contributed by atoms with van der Waals surface area (Å²) >= 11 is 0. The first kappa shape index (κ1) is 13.4. The maximum atomic E-state index is 13.9. The number of fused-ring (bicyclic) bond motifs is 1. The van der Waals surface area contributed by atoms with Crippen LogP contribution in [0.15, 0.2) is 41.2 Å². The lowest BCUT2D eigenvalue weighted by molar-refractivity contribution is 0.504. The summed E-state index contributed by atoms with van der Waals surface area (Å²) < 4.78 is 41.0. The summed E-state index contributed by atoms with van der Waals surface area (Å²) in [6.07, 6.45) is 0. The molecule has 1 heterocycles. The Bertz CT molecular complexity index is 901. The molecular weight excluding hydrogens is 279 g/mol. The summed E-state index contributed by atoms with van der Waals surface area (Å²) in [5.74, 6) is -3.67. The summed E-state index contributed by atoms with van der Waals surface area (Å²) in [5, 5.41) is -0.467. The van der Waals surface area contributed by atoms with Crippen LogP contribution in [0.2, 0.25) is 0 Å². The Morgan fingerprint density at radius 1 is 1.00 bits per heavy atom. The highest BCUT2D eigenvalue weighted by molar-refractivity contribution is 5.84. The highest BCUT2D eigenvalue weighted by Crippen LogP contribution is 2.25. The highest BCUT2D eigenvalue weighted by atomic mass is 19.2. The number of hydrogen-bond acceptors (Lipinski definition) is 1. The van der Waals surface area contributed by atoms with Crippen LogP contribution in [0.25, 0.3) is 22.2 Å². The van der Waals surface area contributed by atoms with E-state index in [0.29, 0.717) is 17.3 Å². The van der Waals surface area contributed by atoms with Crippen LogP contribution in [-0.4, -0.2) is 4.98 Å². The van der Waals surface area contributed by atoms with E-state index >= 15 is 0 Å². The predicted molar refractivity (Wildman–Crippen MR) is 74.6 cm³/mol. The summed E-state index contributed by atoms with van der Waals surface area (Å²) in [6.45, 7) is 1.52. The average molecular weight is 289 g/mol. The molecule has 1 aromatic heterocycles. The molecule has 0 radical (unpaired) electrons. The van der Waals surface area contributed by atoms with Crippen LogP contribution in [0.3, 0.4) is 0 Å². The minimum atomic E-state index is -1.33. The van der Waals surface area contributed by atoms with Crippen molar-refractivity contribution in [1.82, 2.24) is 4.98 Å². The molecular formula is C16H10F3NO. The first-order valence-electron chi connectivity index (χ1n) is 6.26. The molecule has 0 amide bonds. The number of pyridine rings is 1. The van der Waals surface area contributed by atoms with Crippen LogP contribution in [0.5, 0.6) is 0 Å². The largest absolute Gasteiger partial charge is 0.352 e. The van der Waals surface area contributed by atoms with Gasteiger partial charge in [0, 0.05) is 11.6 Å².